The van der Waals surface area contributed by atoms with Crippen molar-refractivity contribution in [3.8, 4) is 11.4 Å². The molecule has 0 saturated carbocycles. The van der Waals surface area contributed by atoms with Crippen LogP contribution in [0.5, 0.6) is 0 Å². The number of fused-ring (bicyclic) bond motifs is 1. The zero-order valence-electron chi connectivity index (χ0n) is 14.0. The Kier molecular flexibility index (Phi) is 4.65. The van der Waals surface area contributed by atoms with E-state index in [0.29, 0.717) is 0 Å². The van der Waals surface area contributed by atoms with Gasteiger partial charge in [0.15, 0.2) is 5.82 Å². The van der Waals surface area contributed by atoms with Crippen LogP contribution in [0.3, 0.4) is 0 Å². The van der Waals surface area contributed by atoms with E-state index in [0.717, 1.165) is 61.9 Å². The Morgan fingerprint density at radius 2 is 2.04 bits per heavy atom. The van der Waals surface area contributed by atoms with Crippen molar-refractivity contribution in [2.24, 2.45) is 0 Å². The van der Waals surface area contributed by atoms with Crippen LogP contribution in [0.25, 0.3) is 11.4 Å². The molecule has 0 amide bonds. The molecule has 0 unspecified atom stereocenters. The van der Waals surface area contributed by atoms with Crippen molar-refractivity contribution in [1.82, 2.24) is 29.8 Å². The van der Waals surface area contributed by atoms with E-state index < -0.39 is 0 Å². The number of anilines is 1. The molecule has 0 aromatic carbocycles. The minimum absolute atomic E-state index is 0.752. The number of hydrogen-bond acceptors (Lipinski definition) is 6. The summed E-state index contributed by atoms with van der Waals surface area (Å²) in [6.45, 7) is 3.57. The van der Waals surface area contributed by atoms with Crippen molar-refractivity contribution in [2.75, 3.05) is 18.4 Å². The van der Waals surface area contributed by atoms with E-state index in [4.69, 9.17) is 9.97 Å². The summed E-state index contributed by atoms with van der Waals surface area (Å²) in [4.78, 5) is 17.7. The van der Waals surface area contributed by atoms with E-state index in [1.54, 1.807) is 12.4 Å². The number of aryl methyl sites for hydroxylation is 1. The lowest BCUT2D eigenvalue weighted by atomic mass is 10.1. The van der Waals surface area contributed by atoms with Crippen LogP contribution in [0, 0.1) is 0 Å². The van der Waals surface area contributed by atoms with Crippen molar-refractivity contribution in [3.63, 3.8) is 0 Å². The third-order valence-electron chi connectivity index (χ3n) is 4.32. The standard InChI is InChI=1S/C18H21N7/c1(10-25-11-9-21-13-25)5-22-18-15-4-8-20-12-16(15)23-17(24-18)14-2-6-19-7-3-14/h2-3,6-7,9,11,13,20H,1,4-5,8,10,12H2,(H,22,23,24). The molecule has 0 radical (unpaired) electrons. The fourth-order valence-electron chi connectivity index (χ4n) is 3.02. The minimum Gasteiger partial charge on any atom is -0.370 e. The summed E-state index contributed by atoms with van der Waals surface area (Å²) in [5.74, 6) is 1.71. The van der Waals surface area contributed by atoms with E-state index in [2.05, 4.69) is 25.2 Å². The molecule has 0 fully saturated rings. The molecule has 3 aromatic rings. The van der Waals surface area contributed by atoms with Crippen LogP contribution in [0.2, 0.25) is 0 Å². The highest BCUT2D eigenvalue weighted by Crippen LogP contribution is 2.24. The lowest BCUT2D eigenvalue weighted by Crippen LogP contribution is -2.26. The summed E-state index contributed by atoms with van der Waals surface area (Å²) < 4.78 is 2.09. The number of pyridine rings is 1. The number of imidazole rings is 1. The predicted molar refractivity (Wildman–Crippen MR) is 96.0 cm³/mol. The summed E-state index contributed by atoms with van der Waals surface area (Å²) in [6.07, 6.45) is 11.2. The normalized spacial score (nSPS) is 13.4. The van der Waals surface area contributed by atoms with E-state index in [1.165, 1.54) is 5.56 Å². The topological polar surface area (TPSA) is 80.5 Å². The quantitative estimate of drug-likeness (QED) is 0.670. The first-order valence-corrected chi connectivity index (χ1v) is 8.60. The van der Waals surface area contributed by atoms with Gasteiger partial charge >= 0.3 is 0 Å². The highest BCUT2D eigenvalue weighted by atomic mass is 15.1. The summed E-state index contributed by atoms with van der Waals surface area (Å²) >= 11 is 0. The molecule has 0 bridgehead atoms. The molecule has 1 aliphatic rings. The summed E-state index contributed by atoms with van der Waals surface area (Å²) in [5.41, 5.74) is 3.31. The second-order valence-electron chi connectivity index (χ2n) is 6.06. The van der Waals surface area contributed by atoms with Crippen LogP contribution >= 0.6 is 0 Å². The summed E-state index contributed by atoms with van der Waals surface area (Å²) in [7, 11) is 0. The van der Waals surface area contributed by atoms with Gasteiger partial charge in [0.1, 0.15) is 5.82 Å². The van der Waals surface area contributed by atoms with Crippen LogP contribution < -0.4 is 10.6 Å². The fraction of sp³-hybridized carbons (Fsp3) is 0.333. The molecular formula is C18H21N7. The van der Waals surface area contributed by atoms with Gasteiger partial charge in [-0.3, -0.25) is 4.98 Å². The lowest BCUT2D eigenvalue weighted by molar-refractivity contribution is 0.623. The van der Waals surface area contributed by atoms with Gasteiger partial charge in [-0.15, -0.1) is 0 Å². The molecular weight excluding hydrogens is 314 g/mol. The minimum atomic E-state index is 0.752. The Morgan fingerprint density at radius 3 is 2.88 bits per heavy atom. The lowest BCUT2D eigenvalue weighted by Gasteiger charge is -2.20. The zero-order valence-corrected chi connectivity index (χ0v) is 14.0. The van der Waals surface area contributed by atoms with Crippen molar-refractivity contribution in [2.45, 2.75) is 25.9 Å². The van der Waals surface area contributed by atoms with Gasteiger partial charge in [0.2, 0.25) is 0 Å². The van der Waals surface area contributed by atoms with Gasteiger partial charge in [0.05, 0.1) is 12.0 Å². The monoisotopic (exact) mass is 335 g/mol. The van der Waals surface area contributed by atoms with Gasteiger partial charge in [-0.05, 0) is 31.5 Å². The van der Waals surface area contributed by atoms with Crippen LogP contribution in [0.4, 0.5) is 5.82 Å². The largest absolute Gasteiger partial charge is 0.370 e. The number of aromatic nitrogens is 5. The molecule has 3 aromatic heterocycles. The Balaban J connectivity index is 1.52. The third-order valence-corrected chi connectivity index (χ3v) is 4.32. The maximum absolute atomic E-state index is 4.79. The summed E-state index contributed by atoms with van der Waals surface area (Å²) in [5, 5.41) is 6.91. The number of nitrogens with zero attached hydrogens (tertiary/aromatic N) is 5. The van der Waals surface area contributed by atoms with Crippen LogP contribution in [0.1, 0.15) is 17.7 Å². The Bertz CT molecular complexity index is 815. The Morgan fingerprint density at radius 1 is 1.12 bits per heavy atom. The molecule has 0 aliphatic carbocycles. The molecule has 0 spiro atoms. The summed E-state index contributed by atoms with van der Waals surface area (Å²) in [6, 6.07) is 3.89. The molecule has 25 heavy (non-hydrogen) atoms. The number of hydrogen-bond donors (Lipinski definition) is 2. The zero-order chi connectivity index (χ0) is 16.9. The van der Waals surface area contributed by atoms with E-state index >= 15 is 0 Å². The van der Waals surface area contributed by atoms with Crippen molar-refractivity contribution < 1.29 is 0 Å². The fourth-order valence-corrected chi connectivity index (χ4v) is 3.02. The second-order valence-corrected chi connectivity index (χ2v) is 6.06. The van der Waals surface area contributed by atoms with Gasteiger partial charge in [0, 0.05) is 55.5 Å². The van der Waals surface area contributed by atoms with E-state index in [-0.39, 0.29) is 0 Å². The first-order chi connectivity index (χ1) is 12.4. The molecule has 2 N–H and O–H groups in total. The molecule has 0 saturated heterocycles. The Hall–Kier alpha value is -2.80. The van der Waals surface area contributed by atoms with Gasteiger partial charge < -0.3 is 15.2 Å². The molecule has 128 valence electrons. The average Bonchev–Trinajstić information content (AvgIpc) is 3.19. The maximum atomic E-state index is 4.79. The van der Waals surface area contributed by atoms with Crippen LogP contribution in [-0.4, -0.2) is 37.6 Å². The van der Waals surface area contributed by atoms with Gasteiger partial charge in [0.25, 0.3) is 0 Å². The molecule has 0 atom stereocenters. The van der Waals surface area contributed by atoms with E-state index in [9.17, 15) is 0 Å². The van der Waals surface area contributed by atoms with Gasteiger partial charge in [-0.1, -0.05) is 0 Å². The first-order valence-electron chi connectivity index (χ1n) is 8.60. The molecule has 1 aliphatic heterocycles. The molecule has 4 rings (SSSR count). The van der Waals surface area contributed by atoms with Crippen LogP contribution in [0.15, 0.2) is 43.2 Å². The highest BCUT2D eigenvalue weighted by molar-refractivity contribution is 5.59. The molecule has 7 heteroatoms. The van der Waals surface area contributed by atoms with Crippen LogP contribution in [-0.2, 0) is 19.5 Å². The van der Waals surface area contributed by atoms with Crippen molar-refractivity contribution >= 4 is 5.82 Å². The second kappa shape index (κ2) is 7.40. The highest BCUT2D eigenvalue weighted by Gasteiger charge is 2.18. The Labute approximate surface area is 146 Å². The van der Waals surface area contributed by atoms with Crippen molar-refractivity contribution in [1.29, 1.82) is 0 Å². The first kappa shape index (κ1) is 15.7. The smallest absolute Gasteiger partial charge is 0.161 e. The molecule has 7 nitrogen and oxygen atoms in total. The van der Waals surface area contributed by atoms with Crippen molar-refractivity contribution in [3.05, 3.63) is 54.5 Å². The average molecular weight is 335 g/mol. The number of nitrogens with one attached hydrogen (secondary N) is 2. The van der Waals surface area contributed by atoms with E-state index in [1.807, 2.05) is 30.9 Å². The maximum Gasteiger partial charge on any atom is 0.161 e. The SMILES string of the molecule is c1cc(-c2nc3c(c(NCCCn4ccnc4)n2)CCNC3)ccn1. The van der Waals surface area contributed by atoms with Gasteiger partial charge in [-0.25, -0.2) is 15.0 Å². The molecule has 4 heterocycles. The third kappa shape index (κ3) is 3.66. The van der Waals surface area contributed by atoms with Gasteiger partial charge in [-0.2, -0.15) is 0 Å². The predicted octanol–water partition coefficient (Wildman–Crippen LogP) is 1.88. The number of rotatable bonds is 6.